The highest BCUT2D eigenvalue weighted by atomic mass is 16.5. The number of hydrogen-bond acceptors (Lipinski definition) is 5. The van der Waals surface area contributed by atoms with Crippen molar-refractivity contribution in [1.82, 2.24) is 10.2 Å². The molecular formula is C26H40N2O4. The van der Waals surface area contributed by atoms with E-state index in [2.05, 4.69) is 17.1 Å². The van der Waals surface area contributed by atoms with Gasteiger partial charge in [0, 0.05) is 37.0 Å². The van der Waals surface area contributed by atoms with E-state index in [1.54, 1.807) is 6.92 Å². The van der Waals surface area contributed by atoms with Crippen LogP contribution in [-0.2, 0) is 4.79 Å². The van der Waals surface area contributed by atoms with Crippen LogP contribution in [-0.4, -0.2) is 63.5 Å². The molecule has 1 aliphatic heterocycles. The van der Waals surface area contributed by atoms with Crippen LogP contribution in [0.4, 0.5) is 0 Å². The van der Waals surface area contributed by atoms with Gasteiger partial charge in [-0.1, -0.05) is 38.0 Å². The lowest BCUT2D eigenvalue weighted by atomic mass is 9.67. The van der Waals surface area contributed by atoms with Crippen molar-refractivity contribution in [1.29, 1.82) is 0 Å². The van der Waals surface area contributed by atoms with Gasteiger partial charge in [-0.2, -0.15) is 0 Å². The van der Waals surface area contributed by atoms with Gasteiger partial charge in [0.25, 0.3) is 0 Å². The number of carbonyl (C=O) groups is 1. The zero-order valence-corrected chi connectivity index (χ0v) is 19.8. The highest BCUT2D eigenvalue weighted by Gasteiger charge is 2.60. The largest absolute Gasteiger partial charge is 0.488 e. The Morgan fingerprint density at radius 1 is 1.16 bits per heavy atom. The number of amides is 1. The van der Waals surface area contributed by atoms with E-state index < -0.39 is 11.7 Å². The summed E-state index contributed by atoms with van der Waals surface area (Å²) >= 11 is 0. The molecular weight excluding hydrogens is 404 g/mol. The number of benzene rings is 1. The minimum absolute atomic E-state index is 0.0385. The minimum atomic E-state index is -0.767. The summed E-state index contributed by atoms with van der Waals surface area (Å²) < 4.78 is 6.22. The molecule has 1 heterocycles. The smallest absolute Gasteiger partial charge is 0.216 e. The van der Waals surface area contributed by atoms with E-state index in [1.807, 2.05) is 37.3 Å². The predicted molar refractivity (Wildman–Crippen MR) is 124 cm³/mol. The van der Waals surface area contributed by atoms with Crippen molar-refractivity contribution in [2.24, 2.45) is 5.41 Å². The summed E-state index contributed by atoms with van der Waals surface area (Å²) in [5, 5.41) is 26.0. The van der Waals surface area contributed by atoms with Crippen LogP contribution >= 0.6 is 0 Å². The molecule has 7 atom stereocenters. The Balaban J connectivity index is 1.62. The van der Waals surface area contributed by atoms with E-state index in [-0.39, 0.29) is 35.6 Å². The predicted octanol–water partition coefficient (Wildman–Crippen LogP) is 3.26. The second-order valence-corrected chi connectivity index (χ2v) is 10.7. The normalized spacial score (nSPS) is 40.3. The number of rotatable bonds is 5. The highest BCUT2D eigenvalue weighted by molar-refractivity contribution is 5.72. The van der Waals surface area contributed by atoms with Crippen molar-refractivity contribution in [2.75, 3.05) is 6.54 Å². The van der Waals surface area contributed by atoms with E-state index in [1.165, 1.54) is 0 Å². The number of hydrogen-bond donors (Lipinski definition) is 3. The maximum Gasteiger partial charge on any atom is 0.216 e. The quantitative estimate of drug-likeness (QED) is 0.649. The van der Waals surface area contributed by atoms with Crippen LogP contribution in [0.15, 0.2) is 30.3 Å². The Morgan fingerprint density at radius 2 is 1.91 bits per heavy atom. The van der Waals surface area contributed by atoms with Crippen molar-refractivity contribution < 1.29 is 19.7 Å². The van der Waals surface area contributed by atoms with Crippen molar-refractivity contribution >= 4 is 5.91 Å². The van der Waals surface area contributed by atoms with Crippen LogP contribution in [0.2, 0.25) is 0 Å². The highest BCUT2D eigenvalue weighted by Crippen LogP contribution is 2.54. The van der Waals surface area contributed by atoms with Crippen molar-refractivity contribution in [2.45, 2.75) is 108 Å². The van der Waals surface area contributed by atoms with Crippen LogP contribution in [0.1, 0.15) is 72.1 Å². The van der Waals surface area contributed by atoms with Crippen molar-refractivity contribution in [3.05, 3.63) is 30.3 Å². The monoisotopic (exact) mass is 444 g/mol. The lowest BCUT2D eigenvalue weighted by molar-refractivity contribution is -0.119. The number of ether oxygens (including phenoxy) is 1. The third-order valence-corrected chi connectivity index (χ3v) is 8.56. The summed E-state index contributed by atoms with van der Waals surface area (Å²) in [4.78, 5) is 14.2. The van der Waals surface area contributed by atoms with Crippen LogP contribution in [0, 0.1) is 5.41 Å². The molecule has 1 aromatic rings. The molecule has 1 aromatic carbocycles. The number of nitrogens with one attached hydrogen (secondary N) is 1. The van der Waals surface area contributed by atoms with Gasteiger partial charge < -0.3 is 20.3 Å². The second kappa shape index (κ2) is 9.32. The van der Waals surface area contributed by atoms with E-state index in [9.17, 15) is 15.0 Å². The molecule has 6 heteroatoms. The topological polar surface area (TPSA) is 82.0 Å². The summed E-state index contributed by atoms with van der Waals surface area (Å²) in [7, 11) is 0. The Labute approximate surface area is 192 Å². The average Bonchev–Trinajstić information content (AvgIpc) is 2.99. The van der Waals surface area contributed by atoms with Crippen LogP contribution in [0.5, 0.6) is 5.75 Å². The van der Waals surface area contributed by atoms with Gasteiger partial charge in [-0.15, -0.1) is 0 Å². The Morgan fingerprint density at radius 3 is 2.62 bits per heavy atom. The SMILES string of the molecule is CC(=O)NC[C@H]1C[C@]2(C)[C@@H](CCCC[C@]2(C)O)N1[C@H]1CCC[C@@H](Oc2ccccc2)[C@@H]1O. The van der Waals surface area contributed by atoms with Crippen molar-refractivity contribution in [3.8, 4) is 5.75 Å². The van der Waals surface area contributed by atoms with Gasteiger partial charge >= 0.3 is 0 Å². The van der Waals surface area contributed by atoms with Crippen LogP contribution < -0.4 is 10.1 Å². The van der Waals surface area contributed by atoms with E-state index >= 15 is 0 Å². The molecule has 0 radical (unpaired) electrons. The molecule has 1 amide bonds. The van der Waals surface area contributed by atoms with Gasteiger partial charge in [0.2, 0.25) is 5.91 Å². The van der Waals surface area contributed by atoms with Gasteiger partial charge in [-0.3, -0.25) is 9.69 Å². The molecule has 32 heavy (non-hydrogen) atoms. The third-order valence-electron chi connectivity index (χ3n) is 8.56. The lowest BCUT2D eigenvalue weighted by Gasteiger charge is -2.48. The summed E-state index contributed by atoms with van der Waals surface area (Å²) in [6.45, 7) is 6.30. The number of nitrogens with zero attached hydrogens (tertiary/aromatic N) is 1. The van der Waals surface area contributed by atoms with E-state index in [4.69, 9.17) is 4.74 Å². The Bertz CT molecular complexity index is 785. The van der Waals surface area contributed by atoms with E-state index in [0.717, 1.165) is 57.1 Å². The Kier molecular flexibility index (Phi) is 6.85. The summed E-state index contributed by atoms with van der Waals surface area (Å²) in [5.74, 6) is 0.749. The molecule has 178 valence electrons. The second-order valence-electron chi connectivity index (χ2n) is 10.7. The van der Waals surface area contributed by atoms with Crippen molar-refractivity contribution in [3.63, 3.8) is 0 Å². The number of carbonyl (C=O) groups excluding carboxylic acids is 1. The molecule has 3 aliphatic rings. The summed E-state index contributed by atoms with van der Waals surface area (Å²) in [6, 6.07) is 9.95. The molecule has 4 rings (SSSR count). The van der Waals surface area contributed by atoms with Gasteiger partial charge in [-0.25, -0.2) is 0 Å². The van der Waals surface area contributed by atoms with Gasteiger partial charge in [0.05, 0.1) is 5.60 Å². The fraction of sp³-hybridized carbons (Fsp3) is 0.731. The standard InChI is InChI=1S/C26H40N2O4/c1-18(29)27-17-19-16-25(2)23(14-7-8-15-26(25,3)31)28(19)21-12-9-13-22(24(21)30)32-20-10-5-4-6-11-20/h4-6,10-11,19,21-24,30-31H,7-9,12-17H2,1-3H3,(H,27,29)/t19-,21+,22-,23-,24-,25-,26+/m1/s1. The van der Waals surface area contributed by atoms with E-state index in [0.29, 0.717) is 6.54 Å². The van der Waals surface area contributed by atoms with Gasteiger partial charge in [0.15, 0.2) is 0 Å². The molecule has 6 nitrogen and oxygen atoms in total. The molecule has 3 N–H and O–H groups in total. The first-order valence-corrected chi connectivity index (χ1v) is 12.4. The van der Waals surface area contributed by atoms with Gasteiger partial charge in [-0.05, 0) is 57.6 Å². The first kappa shape index (κ1) is 23.5. The molecule has 0 bridgehead atoms. The lowest BCUT2D eigenvalue weighted by Crippen LogP contribution is -2.60. The molecule has 0 spiro atoms. The molecule has 1 saturated heterocycles. The first-order valence-electron chi connectivity index (χ1n) is 12.4. The number of para-hydroxylation sites is 1. The Hall–Kier alpha value is -1.63. The van der Waals surface area contributed by atoms with Gasteiger partial charge in [0.1, 0.15) is 18.0 Å². The molecule has 2 aliphatic carbocycles. The van der Waals surface area contributed by atoms with Crippen LogP contribution in [0.3, 0.4) is 0 Å². The fourth-order valence-electron chi connectivity index (χ4n) is 6.64. The fourth-order valence-corrected chi connectivity index (χ4v) is 6.64. The number of likely N-dealkylation sites (tertiary alicyclic amines) is 1. The minimum Gasteiger partial charge on any atom is -0.488 e. The summed E-state index contributed by atoms with van der Waals surface area (Å²) in [6.07, 6.45) is 6.58. The zero-order valence-electron chi connectivity index (χ0n) is 19.8. The number of aliphatic hydroxyl groups excluding tert-OH is 1. The molecule has 3 fully saturated rings. The average molecular weight is 445 g/mol. The summed E-state index contributed by atoms with van der Waals surface area (Å²) in [5.41, 5.74) is -1.05. The number of fused-ring (bicyclic) bond motifs is 1. The molecule has 0 aromatic heterocycles. The van der Waals surface area contributed by atoms with Crippen LogP contribution in [0.25, 0.3) is 0 Å². The first-order chi connectivity index (χ1) is 15.2. The number of aliphatic hydroxyl groups is 2. The molecule has 0 unspecified atom stereocenters. The molecule has 2 saturated carbocycles. The third kappa shape index (κ3) is 4.42. The maximum absolute atomic E-state index is 11.7. The maximum atomic E-state index is 11.7. The zero-order chi connectivity index (χ0) is 22.9.